The van der Waals surface area contributed by atoms with Gasteiger partial charge in [-0.25, -0.2) is 4.79 Å². The van der Waals surface area contributed by atoms with Crippen molar-refractivity contribution in [1.82, 2.24) is 5.32 Å². The Morgan fingerprint density at radius 3 is 2.53 bits per heavy atom. The molecule has 1 aromatic carbocycles. The van der Waals surface area contributed by atoms with E-state index in [1.165, 1.54) is 0 Å². The third-order valence-corrected chi connectivity index (χ3v) is 2.05. The second-order valence-corrected chi connectivity index (χ2v) is 3.56. The van der Waals surface area contributed by atoms with Crippen LogP contribution in [0, 0.1) is 0 Å². The first-order valence-corrected chi connectivity index (χ1v) is 5.21. The molecular formula is C11H11NO4S. The third-order valence-electron chi connectivity index (χ3n) is 1.79. The average molecular weight is 253 g/mol. The molecule has 0 aromatic heterocycles. The summed E-state index contributed by atoms with van der Waals surface area (Å²) in [6.45, 7) is -0.490. The summed E-state index contributed by atoms with van der Waals surface area (Å²) in [7, 11) is 0. The number of carboxylic acid groups (broad SMARTS) is 1. The zero-order chi connectivity index (χ0) is 12.7. The van der Waals surface area contributed by atoms with Crippen molar-refractivity contribution in [1.29, 1.82) is 0 Å². The van der Waals surface area contributed by atoms with Crippen LogP contribution in [-0.4, -0.2) is 35.2 Å². The molecule has 0 bridgehead atoms. The second kappa shape index (κ2) is 6.59. The normalized spacial score (nSPS) is 9.41. The lowest BCUT2D eigenvalue weighted by Gasteiger charge is -2.06. The molecule has 2 N–H and O–H groups in total. The minimum atomic E-state index is -1.11. The summed E-state index contributed by atoms with van der Waals surface area (Å²) >= 11 is 4.74. The first-order valence-electron chi connectivity index (χ1n) is 4.80. The van der Waals surface area contributed by atoms with Crippen LogP contribution >= 0.6 is 12.2 Å². The molecule has 0 saturated carbocycles. The SMILES string of the molecule is O=C(O)COC(=S)CNC(=O)c1ccccc1. The fraction of sp³-hybridized carbons (Fsp3) is 0.182. The van der Waals surface area contributed by atoms with Gasteiger partial charge in [-0.05, 0) is 24.4 Å². The molecule has 0 heterocycles. The number of hydrogen-bond acceptors (Lipinski definition) is 4. The van der Waals surface area contributed by atoms with Gasteiger partial charge in [0.25, 0.3) is 5.91 Å². The van der Waals surface area contributed by atoms with Crippen LogP contribution in [-0.2, 0) is 9.53 Å². The van der Waals surface area contributed by atoms with E-state index >= 15 is 0 Å². The van der Waals surface area contributed by atoms with Crippen LogP contribution in [0.25, 0.3) is 0 Å². The zero-order valence-electron chi connectivity index (χ0n) is 8.88. The highest BCUT2D eigenvalue weighted by Crippen LogP contribution is 1.97. The number of nitrogens with one attached hydrogen (secondary N) is 1. The molecular weight excluding hydrogens is 242 g/mol. The maximum atomic E-state index is 11.5. The summed E-state index contributed by atoms with van der Waals surface area (Å²) in [5.41, 5.74) is 0.508. The number of carboxylic acids is 1. The monoisotopic (exact) mass is 253 g/mol. The first kappa shape index (κ1) is 13.1. The predicted molar refractivity (Wildman–Crippen MR) is 65.0 cm³/mol. The number of benzene rings is 1. The molecule has 0 aliphatic heterocycles. The molecule has 1 rings (SSSR count). The topological polar surface area (TPSA) is 75.6 Å². The number of thiocarbonyl (C=S) groups is 1. The lowest BCUT2D eigenvalue weighted by atomic mass is 10.2. The Kier molecular flexibility index (Phi) is 5.09. The van der Waals surface area contributed by atoms with Crippen molar-refractivity contribution in [2.24, 2.45) is 0 Å². The van der Waals surface area contributed by atoms with Crippen LogP contribution in [0.4, 0.5) is 0 Å². The Bertz CT molecular complexity index is 419. The molecule has 0 aliphatic rings. The molecule has 0 saturated heterocycles. The second-order valence-electron chi connectivity index (χ2n) is 3.10. The number of aliphatic carboxylic acids is 1. The number of ether oxygens (including phenoxy) is 1. The summed E-state index contributed by atoms with van der Waals surface area (Å²) in [5.74, 6) is -1.39. The highest BCUT2D eigenvalue weighted by atomic mass is 32.1. The Labute approximate surface area is 103 Å². The van der Waals surface area contributed by atoms with Crippen molar-refractivity contribution < 1.29 is 19.4 Å². The van der Waals surface area contributed by atoms with Crippen LogP contribution < -0.4 is 5.32 Å². The van der Waals surface area contributed by atoms with Crippen LogP contribution in [0.2, 0.25) is 0 Å². The van der Waals surface area contributed by atoms with Crippen molar-refractivity contribution in [3.63, 3.8) is 0 Å². The summed E-state index contributed by atoms with van der Waals surface area (Å²) in [4.78, 5) is 21.7. The number of hydrogen-bond donors (Lipinski definition) is 2. The molecule has 1 aromatic rings. The summed E-state index contributed by atoms with van der Waals surface area (Å²) in [6, 6.07) is 8.62. The first-order chi connectivity index (χ1) is 8.09. The third kappa shape index (κ3) is 5.07. The predicted octanol–water partition coefficient (Wildman–Crippen LogP) is 0.845. The Morgan fingerprint density at radius 1 is 1.29 bits per heavy atom. The van der Waals surface area contributed by atoms with E-state index < -0.39 is 12.6 Å². The lowest BCUT2D eigenvalue weighted by molar-refractivity contribution is -0.139. The summed E-state index contributed by atoms with van der Waals surface area (Å²) in [6.07, 6.45) is 0. The van der Waals surface area contributed by atoms with Gasteiger partial charge in [0.2, 0.25) is 0 Å². The van der Waals surface area contributed by atoms with Gasteiger partial charge in [-0.2, -0.15) is 0 Å². The Hall–Kier alpha value is -1.95. The van der Waals surface area contributed by atoms with E-state index in [9.17, 15) is 9.59 Å². The maximum Gasteiger partial charge on any atom is 0.341 e. The molecule has 6 heteroatoms. The molecule has 0 spiro atoms. The van der Waals surface area contributed by atoms with Gasteiger partial charge in [-0.1, -0.05) is 18.2 Å². The van der Waals surface area contributed by atoms with E-state index in [-0.39, 0.29) is 17.5 Å². The highest BCUT2D eigenvalue weighted by molar-refractivity contribution is 7.80. The molecule has 0 aliphatic carbocycles. The standard InChI is InChI=1S/C11H11NO4S/c13-9(14)7-16-10(17)6-12-11(15)8-4-2-1-3-5-8/h1-5H,6-7H2,(H,12,15)(H,13,14). The maximum absolute atomic E-state index is 11.5. The highest BCUT2D eigenvalue weighted by Gasteiger charge is 2.06. The van der Waals surface area contributed by atoms with E-state index in [1.807, 2.05) is 0 Å². The van der Waals surface area contributed by atoms with Crippen molar-refractivity contribution in [2.45, 2.75) is 0 Å². The minimum absolute atomic E-state index is 0.0103. The average Bonchev–Trinajstić information content (AvgIpc) is 2.34. The van der Waals surface area contributed by atoms with E-state index in [2.05, 4.69) is 5.32 Å². The van der Waals surface area contributed by atoms with Gasteiger partial charge in [0.05, 0.1) is 6.54 Å². The van der Waals surface area contributed by atoms with Gasteiger partial charge in [-0.15, -0.1) is 0 Å². The number of carbonyl (C=O) groups is 2. The fourth-order valence-corrected chi connectivity index (χ4v) is 1.17. The summed E-state index contributed by atoms with van der Waals surface area (Å²) < 4.78 is 4.71. The number of carbonyl (C=O) groups excluding carboxylic acids is 1. The quantitative estimate of drug-likeness (QED) is 0.761. The fourth-order valence-electron chi connectivity index (χ4n) is 1.04. The Morgan fingerprint density at radius 2 is 1.94 bits per heavy atom. The smallest absolute Gasteiger partial charge is 0.341 e. The summed E-state index contributed by atoms with van der Waals surface area (Å²) in [5, 5.41) is 10.9. The van der Waals surface area contributed by atoms with Gasteiger partial charge in [0.15, 0.2) is 11.7 Å². The number of rotatable bonds is 5. The van der Waals surface area contributed by atoms with Crippen LogP contribution in [0.1, 0.15) is 10.4 Å². The van der Waals surface area contributed by atoms with E-state index in [0.29, 0.717) is 5.56 Å². The van der Waals surface area contributed by atoms with Gasteiger partial charge >= 0.3 is 5.97 Å². The number of amides is 1. The lowest BCUT2D eigenvalue weighted by Crippen LogP contribution is -2.30. The molecule has 0 unspecified atom stereocenters. The molecule has 17 heavy (non-hydrogen) atoms. The van der Waals surface area contributed by atoms with Crippen LogP contribution in [0.3, 0.4) is 0 Å². The van der Waals surface area contributed by atoms with Gasteiger partial charge < -0.3 is 15.2 Å². The molecule has 0 atom stereocenters. The van der Waals surface area contributed by atoms with Gasteiger partial charge in [0.1, 0.15) is 0 Å². The van der Waals surface area contributed by atoms with Crippen LogP contribution in [0.15, 0.2) is 30.3 Å². The van der Waals surface area contributed by atoms with E-state index in [4.69, 9.17) is 22.1 Å². The van der Waals surface area contributed by atoms with Crippen LogP contribution in [0.5, 0.6) is 0 Å². The van der Waals surface area contributed by atoms with Gasteiger partial charge in [0, 0.05) is 5.56 Å². The van der Waals surface area contributed by atoms with Crippen molar-refractivity contribution >= 4 is 29.1 Å². The minimum Gasteiger partial charge on any atom is -0.479 e. The molecule has 1 amide bonds. The zero-order valence-corrected chi connectivity index (χ0v) is 9.70. The molecule has 5 nitrogen and oxygen atoms in total. The van der Waals surface area contributed by atoms with E-state index in [0.717, 1.165) is 0 Å². The largest absolute Gasteiger partial charge is 0.479 e. The van der Waals surface area contributed by atoms with Crippen molar-refractivity contribution in [3.05, 3.63) is 35.9 Å². The van der Waals surface area contributed by atoms with Crippen molar-refractivity contribution in [2.75, 3.05) is 13.2 Å². The van der Waals surface area contributed by atoms with E-state index in [1.54, 1.807) is 30.3 Å². The molecule has 90 valence electrons. The Balaban J connectivity index is 2.34. The molecule has 0 fully saturated rings. The van der Waals surface area contributed by atoms with Crippen molar-refractivity contribution in [3.8, 4) is 0 Å². The molecule has 0 radical (unpaired) electrons. The van der Waals surface area contributed by atoms with Gasteiger partial charge in [-0.3, -0.25) is 4.79 Å².